The Kier molecular flexibility index (Phi) is 7.34. The first kappa shape index (κ1) is 29.0. The molecule has 1 saturated carbocycles. The van der Waals surface area contributed by atoms with Gasteiger partial charge in [0.15, 0.2) is 0 Å². The number of nitrogens with zero attached hydrogens (tertiary/aromatic N) is 3. The van der Waals surface area contributed by atoms with Crippen LogP contribution >= 0.6 is 0 Å². The Morgan fingerprint density at radius 1 is 1.15 bits per heavy atom. The maximum Gasteiger partial charge on any atom is 0.419 e. The van der Waals surface area contributed by atoms with Crippen molar-refractivity contribution in [1.29, 1.82) is 0 Å². The van der Waals surface area contributed by atoms with Crippen LogP contribution in [0.4, 0.5) is 13.6 Å². The highest BCUT2D eigenvalue weighted by Crippen LogP contribution is 2.60. The molecule has 3 aromatic rings. The number of carbonyl (C=O) groups is 2. The molecule has 1 aromatic carbocycles. The lowest BCUT2D eigenvalue weighted by Gasteiger charge is -2.54. The van der Waals surface area contributed by atoms with Crippen LogP contribution in [0.5, 0.6) is 5.75 Å². The molecule has 2 fully saturated rings. The van der Waals surface area contributed by atoms with Crippen molar-refractivity contribution in [2.75, 3.05) is 20.8 Å². The zero-order chi connectivity index (χ0) is 29.7. The number of hydrogen-bond donors (Lipinski definition) is 0. The van der Waals surface area contributed by atoms with Crippen LogP contribution < -0.4 is 4.74 Å². The van der Waals surface area contributed by atoms with Crippen molar-refractivity contribution < 1.29 is 32.6 Å². The van der Waals surface area contributed by atoms with Gasteiger partial charge in [0.05, 0.1) is 19.7 Å². The second kappa shape index (κ2) is 10.4. The second-order valence-corrected chi connectivity index (χ2v) is 12.4. The summed E-state index contributed by atoms with van der Waals surface area (Å²) >= 11 is 0. The third-order valence-electron chi connectivity index (χ3n) is 8.23. The fourth-order valence-electron chi connectivity index (χ4n) is 6.46. The van der Waals surface area contributed by atoms with Crippen molar-refractivity contribution in [2.45, 2.75) is 77.5 Å². The molecule has 2 aliphatic rings. The van der Waals surface area contributed by atoms with E-state index in [4.69, 9.17) is 14.2 Å². The van der Waals surface area contributed by atoms with E-state index in [0.717, 1.165) is 27.6 Å². The van der Waals surface area contributed by atoms with Crippen molar-refractivity contribution in [3.05, 3.63) is 59.0 Å². The minimum atomic E-state index is -2.63. The van der Waals surface area contributed by atoms with Gasteiger partial charge in [-0.1, -0.05) is 6.07 Å². The van der Waals surface area contributed by atoms with Crippen LogP contribution in [0.25, 0.3) is 10.9 Å². The van der Waals surface area contributed by atoms with Gasteiger partial charge in [-0.2, -0.15) is 0 Å². The lowest BCUT2D eigenvalue weighted by atomic mass is 9.59. The van der Waals surface area contributed by atoms with E-state index in [1.165, 1.54) is 11.7 Å². The molecule has 0 radical (unpaired) electrons. The molecule has 3 heterocycles. The number of esters is 1. The first-order valence-electron chi connectivity index (χ1n) is 13.8. The third kappa shape index (κ3) is 5.66. The average Bonchev–Trinajstić information content (AvgIpc) is 3.35. The standard InChI is InChI=1S/C31H37F2N3O5/c1-19-13-25(39-5)22(21-9-11-36(26(19)21)28(38)41-29(2,3)4)16-35-12-10-30(17-31(32,33)18-30)14-24(35)20-7-8-23(34-15-20)27(37)40-6/h7-9,11,13,15,24H,10,12,14,16-18H2,1-6H3/t24-/m1/s1. The predicted octanol–water partition coefficient (Wildman–Crippen LogP) is 6.68. The number of piperidine rings is 1. The first-order chi connectivity index (χ1) is 19.2. The van der Waals surface area contributed by atoms with Crippen LogP contribution in [0.3, 0.4) is 0 Å². The summed E-state index contributed by atoms with van der Waals surface area (Å²) in [5.74, 6) is -2.48. The van der Waals surface area contributed by atoms with Gasteiger partial charge in [0.1, 0.15) is 17.0 Å². The van der Waals surface area contributed by atoms with E-state index in [-0.39, 0.29) is 24.6 Å². The highest BCUT2D eigenvalue weighted by atomic mass is 19.3. The van der Waals surface area contributed by atoms with E-state index in [2.05, 4.69) is 9.88 Å². The van der Waals surface area contributed by atoms with Gasteiger partial charge in [-0.25, -0.2) is 23.4 Å². The molecule has 1 saturated heterocycles. The molecule has 10 heteroatoms. The number of rotatable bonds is 5. The van der Waals surface area contributed by atoms with Gasteiger partial charge in [-0.15, -0.1) is 0 Å². The van der Waals surface area contributed by atoms with E-state index in [1.807, 2.05) is 45.9 Å². The average molecular weight is 570 g/mol. The molecule has 1 atom stereocenters. The van der Waals surface area contributed by atoms with Crippen LogP contribution in [0.15, 0.2) is 36.7 Å². The number of fused-ring (bicyclic) bond motifs is 1. The summed E-state index contributed by atoms with van der Waals surface area (Å²) < 4.78 is 45.9. The zero-order valence-electron chi connectivity index (χ0n) is 24.4. The predicted molar refractivity (Wildman–Crippen MR) is 149 cm³/mol. The van der Waals surface area contributed by atoms with Crippen LogP contribution in [0.2, 0.25) is 0 Å². The molecule has 1 aliphatic heterocycles. The Bertz CT molecular complexity index is 1470. The highest BCUT2D eigenvalue weighted by Gasteiger charge is 2.58. The van der Waals surface area contributed by atoms with Gasteiger partial charge in [-0.05, 0) is 81.8 Å². The number of aromatic nitrogens is 2. The molecule has 0 unspecified atom stereocenters. The number of alkyl halides is 2. The number of pyridine rings is 1. The lowest BCUT2D eigenvalue weighted by molar-refractivity contribution is -0.186. The summed E-state index contributed by atoms with van der Waals surface area (Å²) in [5, 5.41) is 0.862. The van der Waals surface area contributed by atoms with Crippen molar-refractivity contribution in [3.8, 4) is 5.75 Å². The van der Waals surface area contributed by atoms with Gasteiger partial charge < -0.3 is 14.2 Å². The Morgan fingerprint density at radius 2 is 1.88 bits per heavy atom. The van der Waals surface area contributed by atoms with E-state index in [1.54, 1.807) is 25.6 Å². The van der Waals surface area contributed by atoms with E-state index in [0.29, 0.717) is 31.7 Å². The molecule has 0 amide bonds. The molecule has 41 heavy (non-hydrogen) atoms. The van der Waals surface area contributed by atoms with Crippen molar-refractivity contribution in [1.82, 2.24) is 14.5 Å². The van der Waals surface area contributed by atoms with Crippen molar-refractivity contribution in [2.24, 2.45) is 5.41 Å². The Labute approximate surface area is 238 Å². The number of likely N-dealkylation sites (tertiary alicyclic amines) is 1. The van der Waals surface area contributed by atoms with Gasteiger partial charge in [0, 0.05) is 48.8 Å². The largest absolute Gasteiger partial charge is 0.496 e. The van der Waals surface area contributed by atoms with Crippen LogP contribution in [-0.2, 0) is 16.0 Å². The summed E-state index contributed by atoms with van der Waals surface area (Å²) in [4.78, 5) is 31.6. The molecule has 1 aliphatic carbocycles. The Balaban J connectivity index is 1.52. The smallest absolute Gasteiger partial charge is 0.419 e. The molecule has 220 valence electrons. The van der Waals surface area contributed by atoms with Gasteiger partial charge >= 0.3 is 12.1 Å². The van der Waals surface area contributed by atoms with Gasteiger partial charge in [0.25, 0.3) is 0 Å². The maximum atomic E-state index is 14.1. The molecule has 0 N–H and O–H groups in total. The fraction of sp³-hybridized carbons (Fsp3) is 0.516. The molecular weight excluding hydrogens is 532 g/mol. The molecule has 0 bridgehead atoms. The number of carbonyl (C=O) groups excluding carboxylic acids is 2. The monoisotopic (exact) mass is 569 g/mol. The van der Waals surface area contributed by atoms with E-state index in [9.17, 15) is 18.4 Å². The van der Waals surface area contributed by atoms with Crippen LogP contribution in [0, 0.1) is 12.3 Å². The van der Waals surface area contributed by atoms with Crippen molar-refractivity contribution >= 4 is 23.0 Å². The third-order valence-corrected chi connectivity index (χ3v) is 8.23. The zero-order valence-corrected chi connectivity index (χ0v) is 24.4. The van der Waals surface area contributed by atoms with E-state index < -0.39 is 29.0 Å². The molecule has 8 nitrogen and oxygen atoms in total. The maximum absolute atomic E-state index is 14.1. The summed E-state index contributed by atoms with van der Waals surface area (Å²) in [6, 6.07) is 7.05. The van der Waals surface area contributed by atoms with Crippen molar-refractivity contribution in [3.63, 3.8) is 0 Å². The SMILES string of the molecule is COC(=O)c1ccc([C@H]2CC3(CCN2Cc2c(OC)cc(C)c4c2ccn4C(=O)OC(C)(C)C)CC(F)(F)C3)cn1. The van der Waals surface area contributed by atoms with Crippen LogP contribution in [-0.4, -0.2) is 58.8 Å². The number of hydrogen-bond acceptors (Lipinski definition) is 7. The number of aryl methyl sites for hydroxylation is 1. The Morgan fingerprint density at radius 3 is 2.46 bits per heavy atom. The summed E-state index contributed by atoms with van der Waals surface area (Å²) in [7, 11) is 2.91. The number of methoxy groups -OCH3 is 2. The summed E-state index contributed by atoms with van der Waals surface area (Å²) in [6.45, 7) is 8.47. The van der Waals surface area contributed by atoms with E-state index >= 15 is 0 Å². The number of ether oxygens (including phenoxy) is 3. The molecule has 2 aromatic heterocycles. The Hall–Kier alpha value is -3.53. The quantitative estimate of drug-likeness (QED) is 0.317. The van der Waals surface area contributed by atoms with Gasteiger partial charge in [-0.3, -0.25) is 9.47 Å². The normalized spacial score (nSPS) is 20.0. The highest BCUT2D eigenvalue weighted by molar-refractivity contribution is 5.95. The summed E-state index contributed by atoms with van der Waals surface area (Å²) in [5.41, 5.74) is 2.46. The topological polar surface area (TPSA) is 82.9 Å². The molecule has 1 spiro atoms. The fourth-order valence-corrected chi connectivity index (χ4v) is 6.46. The van der Waals surface area contributed by atoms with Crippen LogP contribution in [0.1, 0.15) is 79.7 Å². The molecular formula is C31H37F2N3O5. The lowest BCUT2D eigenvalue weighted by Crippen LogP contribution is -2.53. The number of benzene rings is 1. The minimum absolute atomic E-state index is 0.116. The summed E-state index contributed by atoms with van der Waals surface area (Å²) in [6.07, 6.45) is 3.86. The van der Waals surface area contributed by atoms with Gasteiger partial charge in [0.2, 0.25) is 5.92 Å². The number of halogens is 2. The first-order valence-corrected chi connectivity index (χ1v) is 13.8. The molecule has 5 rings (SSSR count). The minimum Gasteiger partial charge on any atom is -0.496 e. The second-order valence-electron chi connectivity index (χ2n) is 12.4.